The number of carboxylic acids is 1. The highest BCUT2D eigenvalue weighted by molar-refractivity contribution is 7.98. The molecule has 1 unspecified atom stereocenters. The van der Waals surface area contributed by atoms with Crippen molar-refractivity contribution in [2.24, 2.45) is 0 Å². The Bertz CT molecular complexity index is 475. The lowest BCUT2D eigenvalue weighted by molar-refractivity contribution is -0.140. The van der Waals surface area contributed by atoms with E-state index in [2.05, 4.69) is 0 Å². The summed E-state index contributed by atoms with van der Waals surface area (Å²) in [4.78, 5) is 25.4. The maximum absolute atomic E-state index is 12.2. The molecule has 116 valence electrons. The highest BCUT2D eigenvalue weighted by Crippen LogP contribution is 2.20. The van der Waals surface area contributed by atoms with Gasteiger partial charge in [0.1, 0.15) is 5.75 Å². The summed E-state index contributed by atoms with van der Waals surface area (Å²) >= 11 is 1.63. The van der Waals surface area contributed by atoms with Crippen molar-refractivity contribution in [1.82, 2.24) is 4.90 Å². The van der Waals surface area contributed by atoms with Crippen LogP contribution in [0.1, 0.15) is 20.3 Å². The zero-order valence-electron chi connectivity index (χ0n) is 12.5. The fourth-order valence-electron chi connectivity index (χ4n) is 1.82. The molecule has 0 aliphatic carbocycles. The topological polar surface area (TPSA) is 66.8 Å². The molecule has 1 amide bonds. The second kappa shape index (κ2) is 8.56. The van der Waals surface area contributed by atoms with Crippen molar-refractivity contribution in [3.63, 3.8) is 0 Å². The highest BCUT2D eigenvalue weighted by Gasteiger charge is 2.21. The fraction of sp³-hybridized carbons (Fsp3) is 0.467. The molecular formula is C15H21NO4S. The molecular weight excluding hydrogens is 290 g/mol. The van der Waals surface area contributed by atoms with Gasteiger partial charge >= 0.3 is 5.97 Å². The van der Waals surface area contributed by atoms with E-state index in [0.717, 1.165) is 4.90 Å². The Labute approximate surface area is 129 Å². The predicted molar refractivity (Wildman–Crippen MR) is 82.8 cm³/mol. The largest absolute Gasteiger partial charge is 0.481 e. The molecule has 1 rings (SSSR count). The lowest BCUT2D eigenvalue weighted by Gasteiger charge is -2.24. The summed E-state index contributed by atoms with van der Waals surface area (Å²) < 4.78 is 5.62. The quantitative estimate of drug-likeness (QED) is 0.747. The summed E-state index contributed by atoms with van der Waals surface area (Å²) in [7, 11) is 0. The van der Waals surface area contributed by atoms with Crippen LogP contribution in [-0.2, 0) is 9.59 Å². The number of likely N-dealkylation sites (N-methyl/N-ethyl adjacent to an activating group) is 1. The average Bonchev–Trinajstić information content (AvgIpc) is 2.48. The number of nitrogens with zero attached hydrogens (tertiary/aromatic N) is 1. The number of hydrogen-bond acceptors (Lipinski definition) is 4. The molecule has 0 aliphatic heterocycles. The van der Waals surface area contributed by atoms with Crippen LogP contribution >= 0.6 is 11.8 Å². The summed E-state index contributed by atoms with van der Waals surface area (Å²) in [5.74, 6) is -0.488. The van der Waals surface area contributed by atoms with Crippen LogP contribution in [0.3, 0.4) is 0 Å². The van der Waals surface area contributed by atoms with Gasteiger partial charge in [-0.2, -0.15) is 0 Å². The standard InChI is InChI=1S/C15H21NO4S/c1-4-16(10-9-14(17)18)15(19)11(2)20-12-5-7-13(21-3)8-6-12/h5-8,11H,4,9-10H2,1-3H3,(H,17,18). The van der Waals surface area contributed by atoms with Crippen LogP contribution in [0, 0.1) is 0 Å². The van der Waals surface area contributed by atoms with E-state index in [1.54, 1.807) is 18.7 Å². The van der Waals surface area contributed by atoms with Gasteiger partial charge in [-0.25, -0.2) is 0 Å². The van der Waals surface area contributed by atoms with Crippen molar-refractivity contribution in [3.8, 4) is 5.75 Å². The Morgan fingerprint density at radius 3 is 2.43 bits per heavy atom. The first-order valence-corrected chi connectivity index (χ1v) is 8.01. The van der Waals surface area contributed by atoms with Crippen LogP contribution in [0.25, 0.3) is 0 Å². The summed E-state index contributed by atoms with van der Waals surface area (Å²) in [6, 6.07) is 7.50. The second-order valence-corrected chi connectivity index (χ2v) is 5.38. The minimum Gasteiger partial charge on any atom is -0.481 e. The van der Waals surface area contributed by atoms with E-state index >= 15 is 0 Å². The third kappa shape index (κ3) is 5.67. The molecule has 1 atom stereocenters. The van der Waals surface area contributed by atoms with E-state index in [4.69, 9.17) is 9.84 Å². The van der Waals surface area contributed by atoms with Crippen molar-refractivity contribution >= 4 is 23.6 Å². The lowest BCUT2D eigenvalue weighted by Crippen LogP contribution is -2.41. The Balaban J connectivity index is 2.60. The van der Waals surface area contributed by atoms with Crippen molar-refractivity contribution in [2.75, 3.05) is 19.3 Å². The van der Waals surface area contributed by atoms with E-state index < -0.39 is 12.1 Å². The number of carboxylic acid groups (broad SMARTS) is 1. The average molecular weight is 311 g/mol. The molecule has 0 radical (unpaired) electrons. The van der Waals surface area contributed by atoms with Gasteiger partial charge in [0.25, 0.3) is 5.91 Å². The molecule has 0 heterocycles. The monoisotopic (exact) mass is 311 g/mol. The number of ether oxygens (including phenoxy) is 1. The van der Waals surface area contributed by atoms with Gasteiger partial charge in [0.05, 0.1) is 6.42 Å². The Hall–Kier alpha value is -1.69. The zero-order chi connectivity index (χ0) is 15.8. The van der Waals surface area contributed by atoms with Gasteiger partial charge in [-0.05, 0) is 44.4 Å². The summed E-state index contributed by atoms with van der Waals surface area (Å²) in [5, 5.41) is 8.69. The minimum atomic E-state index is -0.914. The van der Waals surface area contributed by atoms with Crippen LogP contribution in [0.15, 0.2) is 29.2 Å². The van der Waals surface area contributed by atoms with E-state index in [-0.39, 0.29) is 18.9 Å². The van der Waals surface area contributed by atoms with Gasteiger partial charge in [-0.15, -0.1) is 11.8 Å². The van der Waals surface area contributed by atoms with E-state index in [1.807, 2.05) is 37.4 Å². The van der Waals surface area contributed by atoms with E-state index in [0.29, 0.717) is 12.3 Å². The number of carbonyl (C=O) groups is 2. The predicted octanol–water partition coefficient (Wildman–Crippen LogP) is 2.50. The highest BCUT2D eigenvalue weighted by atomic mass is 32.2. The van der Waals surface area contributed by atoms with Crippen LogP contribution in [-0.4, -0.2) is 47.3 Å². The molecule has 5 nitrogen and oxygen atoms in total. The van der Waals surface area contributed by atoms with Gasteiger partial charge in [0.15, 0.2) is 6.10 Å². The molecule has 0 spiro atoms. The number of benzene rings is 1. The SMILES string of the molecule is CCN(CCC(=O)O)C(=O)C(C)Oc1ccc(SC)cc1. The molecule has 0 saturated carbocycles. The third-order valence-corrected chi connectivity index (χ3v) is 3.75. The maximum atomic E-state index is 12.2. The van der Waals surface area contributed by atoms with E-state index in [9.17, 15) is 9.59 Å². The lowest BCUT2D eigenvalue weighted by atomic mass is 10.3. The normalized spacial score (nSPS) is 11.8. The first-order chi connectivity index (χ1) is 9.97. The fourth-order valence-corrected chi connectivity index (χ4v) is 2.23. The number of rotatable bonds is 8. The third-order valence-electron chi connectivity index (χ3n) is 3.01. The number of amides is 1. The molecule has 0 saturated heterocycles. The molecule has 1 aromatic carbocycles. The van der Waals surface area contributed by atoms with Gasteiger partial charge in [0, 0.05) is 18.0 Å². The smallest absolute Gasteiger partial charge is 0.305 e. The molecule has 1 aromatic rings. The molecule has 0 aliphatic rings. The van der Waals surface area contributed by atoms with Crippen molar-refractivity contribution in [1.29, 1.82) is 0 Å². The summed E-state index contributed by atoms with van der Waals surface area (Å²) in [6.07, 6.45) is 1.29. The second-order valence-electron chi connectivity index (χ2n) is 4.50. The summed E-state index contributed by atoms with van der Waals surface area (Å²) in [6.45, 7) is 4.16. The number of aliphatic carboxylic acids is 1. The summed E-state index contributed by atoms with van der Waals surface area (Å²) in [5.41, 5.74) is 0. The number of carbonyl (C=O) groups excluding carboxylic acids is 1. The van der Waals surface area contributed by atoms with Crippen LogP contribution in [0.5, 0.6) is 5.75 Å². The molecule has 0 fully saturated rings. The van der Waals surface area contributed by atoms with Crippen molar-refractivity contribution < 1.29 is 19.4 Å². The van der Waals surface area contributed by atoms with Crippen LogP contribution < -0.4 is 4.74 Å². The Kier molecular flexibility index (Phi) is 7.08. The molecule has 1 N–H and O–H groups in total. The zero-order valence-corrected chi connectivity index (χ0v) is 13.4. The Morgan fingerprint density at radius 2 is 1.95 bits per heavy atom. The number of thioether (sulfide) groups is 1. The van der Waals surface area contributed by atoms with Gasteiger partial charge in [-0.1, -0.05) is 0 Å². The van der Waals surface area contributed by atoms with Crippen LogP contribution in [0.2, 0.25) is 0 Å². The first-order valence-electron chi connectivity index (χ1n) is 6.79. The van der Waals surface area contributed by atoms with Gasteiger partial charge in [-0.3, -0.25) is 9.59 Å². The first kappa shape index (κ1) is 17.4. The van der Waals surface area contributed by atoms with Crippen molar-refractivity contribution in [3.05, 3.63) is 24.3 Å². The Morgan fingerprint density at radius 1 is 1.33 bits per heavy atom. The number of hydrogen-bond donors (Lipinski definition) is 1. The molecule has 0 aromatic heterocycles. The van der Waals surface area contributed by atoms with Gasteiger partial charge < -0.3 is 14.7 Å². The van der Waals surface area contributed by atoms with E-state index in [1.165, 1.54) is 4.90 Å². The maximum Gasteiger partial charge on any atom is 0.305 e. The minimum absolute atomic E-state index is 0.0608. The van der Waals surface area contributed by atoms with Crippen molar-refractivity contribution in [2.45, 2.75) is 31.3 Å². The van der Waals surface area contributed by atoms with Crippen LogP contribution in [0.4, 0.5) is 0 Å². The molecule has 21 heavy (non-hydrogen) atoms. The molecule has 0 bridgehead atoms. The van der Waals surface area contributed by atoms with Gasteiger partial charge in [0.2, 0.25) is 0 Å². The molecule has 6 heteroatoms.